The number of nitrogens with zero attached hydrogens (tertiary/aromatic N) is 2. The molecule has 0 radical (unpaired) electrons. The average molecular weight is 752 g/mol. The lowest BCUT2D eigenvalue weighted by Crippen LogP contribution is -2.41. The Morgan fingerprint density at radius 2 is 1.34 bits per heavy atom. The number of carbonyl (C=O) groups is 3. The van der Waals surface area contributed by atoms with E-state index in [2.05, 4.69) is 10.3 Å². The second-order valence-corrected chi connectivity index (χ2v) is 14.7. The molecule has 5 aromatic rings. The molecule has 7 rings (SSSR count). The first-order chi connectivity index (χ1) is 27.3. The van der Waals surface area contributed by atoms with Gasteiger partial charge in [-0.2, -0.15) is 0 Å². The van der Waals surface area contributed by atoms with Crippen molar-refractivity contribution in [3.05, 3.63) is 149 Å². The highest BCUT2D eigenvalue weighted by atomic mass is 16.5. The molecule has 1 aliphatic heterocycles. The second-order valence-electron chi connectivity index (χ2n) is 14.7. The number of aromatic nitrogens is 1. The molecule has 2 aliphatic rings. The number of hydrogen-bond donors (Lipinski definition) is 1. The Hall–Kier alpha value is -5.96. The predicted octanol–water partition coefficient (Wildman–Crippen LogP) is 8.95. The van der Waals surface area contributed by atoms with E-state index in [-0.39, 0.29) is 24.0 Å². The van der Waals surface area contributed by atoms with E-state index >= 15 is 0 Å². The van der Waals surface area contributed by atoms with Crippen LogP contribution in [0.2, 0.25) is 0 Å². The van der Waals surface area contributed by atoms with Crippen molar-refractivity contribution >= 4 is 17.8 Å². The van der Waals surface area contributed by atoms with Gasteiger partial charge in [-0.3, -0.25) is 9.59 Å². The van der Waals surface area contributed by atoms with Gasteiger partial charge in [0.15, 0.2) is 0 Å². The molecule has 2 fully saturated rings. The number of amides is 2. The third-order valence-electron chi connectivity index (χ3n) is 10.8. The van der Waals surface area contributed by atoms with Gasteiger partial charge < -0.3 is 24.4 Å². The molecule has 2 amide bonds. The number of pyridine rings is 1. The largest absolute Gasteiger partial charge is 0.490 e. The van der Waals surface area contributed by atoms with Crippen molar-refractivity contribution in [2.24, 2.45) is 0 Å². The summed E-state index contributed by atoms with van der Waals surface area (Å²) in [5, 5.41) is 3.22. The third kappa shape index (κ3) is 9.82. The summed E-state index contributed by atoms with van der Waals surface area (Å²) in [7, 11) is 0. The predicted molar refractivity (Wildman–Crippen MR) is 216 cm³/mol. The number of aryl methyl sites for hydroxylation is 1. The Kier molecular flexibility index (Phi) is 12.4. The van der Waals surface area contributed by atoms with Gasteiger partial charge in [-0.25, -0.2) is 9.78 Å². The summed E-state index contributed by atoms with van der Waals surface area (Å²) in [6.45, 7) is 5.93. The van der Waals surface area contributed by atoms with Crippen molar-refractivity contribution < 1.29 is 28.6 Å². The van der Waals surface area contributed by atoms with Crippen molar-refractivity contribution in [2.75, 3.05) is 19.7 Å². The molecular formula is C47H49N3O6. The zero-order valence-electron chi connectivity index (χ0n) is 32.1. The van der Waals surface area contributed by atoms with E-state index in [0.29, 0.717) is 43.5 Å². The van der Waals surface area contributed by atoms with Crippen LogP contribution in [0.3, 0.4) is 0 Å². The normalized spacial score (nSPS) is 17.1. The summed E-state index contributed by atoms with van der Waals surface area (Å²) < 4.78 is 17.4. The van der Waals surface area contributed by atoms with Gasteiger partial charge in [0.1, 0.15) is 29.9 Å². The van der Waals surface area contributed by atoms with Crippen LogP contribution >= 0.6 is 0 Å². The highest BCUT2D eigenvalue weighted by molar-refractivity contribution is 5.95. The lowest BCUT2D eigenvalue weighted by Gasteiger charge is -2.32. The number of piperidine rings is 1. The first-order valence-electron chi connectivity index (χ1n) is 19.7. The van der Waals surface area contributed by atoms with Crippen LogP contribution in [0.1, 0.15) is 99.3 Å². The van der Waals surface area contributed by atoms with E-state index in [9.17, 15) is 14.4 Å². The van der Waals surface area contributed by atoms with Crippen molar-refractivity contribution in [1.29, 1.82) is 0 Å². The molecule has 9 nitrogen and oxygen atoms in total. The molecule has 0 atom stereocenters. The number of rotatable bonds is 12. The molecule has 1 saturated heterocycles. The molecule has 0 unspecified atom stereocenters. The molecule has 1 N–H and O–H groups in total. The third-order valence-corrected chi connectivity index (χ3v) is 10.8. The van der Waals surface area contributed by atoms with Crippen molar-refractivity contribution in [2.45, 2.75) is 77.0 Å². The minimum Gasteiger partial charge on any atom is -0.490 e. The molecule has 0 bridgehead atoms. The number of benzene rings is 4. The van der Waals surface area contributed by atoms with Crippen molar-refractivity contribution in [1.82, 2.24) is 15.2 Å². The molecule has 56 heavy (non-hydrogen) atoms. The quantitative estimate of drug-likeness (QED) is 0.127. The summed E-state index contributed by atoms with van der Waals surface area (Å²) in [6.07, 6.45) is 7.15. The van der Waals surface area contributed by atoms with Crippen LogP contribution in [0.5, 0.6) is 11.5 Å². The van der Waals surface area contributed by atoms with Gasteiger partial charge in [0.25, 0.3) is 11.8 Å². The van der Waals surface area contributed by atoms with E-state index in [1.54, 1.807) is 19.2 Å². The summed E-state index contributed by atoms with van der Waals surface area (Å²) in [4.78, 5) is 44.1. The molecule has 1 saturated carbocycles. The zero-order chi connectivity index (χ0) is 38.9. The van der Waals surface area contributed by atoms with Gasteiger partial charge >= 0.3 is 5.97 Å². The van der Waals surface area contributed by atoms with Crippen LogP contribution in [0.25, 0.3) is 11.1 Å². The van der Waals surface area contributed by atoms with Gasteiger partial charge in [-0.1, -0.05) is 60.2 Å². The fourth-order valence-electron chi connectivity index (χ4n) is 7.45. The van der Waals surface area contributed by atoms with E-state index < -0.39 is 5.97 Å². The van der Waals surface area contributed by atoms with E-state index in [1.165, 1.54) is 0 Å². The van der Waals surface area contributed by atoms with Crippen LogP contribution in [-0.2, 0) is 11.3 Å². The standard InChI is InChI=1S/C47H49N3O6/c1-3-54-47(53)44-25-18-39(30-48-44)36-14-19-40(20-15-36)49-45(51)37-12-10-34(11-13-37)35-16-23-41(24-17-35)55-31-33-6-21-42(22-7-33)56-43-26-28-50(29-27-43)46(52)38-8-4-32(2)5-9-38/h4-13,16-18,21-25,30,36,40,43H,3,14-15,19-20,26-29,31H2,1-2H3,(H,49,51). The van der Waals surface area contributed by atoms with E-state index in [1.807, 2.05) is 115 Å². The second kappa shape index (κ2) is 18.1. The van der Waals surface area contributed by atoms with Crippen LogP contribution in [0.4, 0.5) is 0 Å². The highest BCUT2D eigenvalue weighted by Gasteiger charge is 2.26. The number of carbonyl (C=O) groups excluding carboxylic acids is 3. The maximum absolute atomic E-state index is 13.1. The number of esters is 1. The lowest BCUT2D eigenvalue weighted by atomic mass is 9.82. The van der Waals surface area contributed by atoms with Crippen LogP contribution in [-0.4, -0.2) is 59.5 Å². The molecule has 9 heteroatoms. The highest BCUT2D eigenvalue weighted by Crippen LogP contribution is 2.33. The smallest absolute Gasteiger partial charge is 0.356 e. The van der Waals surface area contributed by atoms with Crippen molar-refractivity contribution in [3.8, 4) is 22.6 Å². The van der Waals surface area contributed by atoms with Gasteiger partial charge in [-0.05, 0) is 122 Å². The van der Waals surface area contributed by atoms with Crippen LogP contribution < -0.4 is 14.8 Å². The summed E-state index contributed by atoms with van der Waals surface area (Å²) in [5.74, 6) is 1.58. The first kappa shape index (κ1) is 38.3. The maximum Gasteiger partial charge on any atom is 0.356 e. The Morgan fingerprint density at radius 1 is 0.714 bits per heavy atom. The number of nitrogens with one attached hydrogen (secondary N) is 1. The Morgan fingerprint density at radius 3 is 1.96 bits per heavy atom. The Balaban J connectivity index is 0.820. The van der Waals surface area contributed by atoms with Gasteiger partial charge in [0, 0.05) is 49.3 Å². The van der Waals surface area contributed by atoms with Gasteiger partial charge in [0.05, 0.1) is 6.61 Å². The van der Waals surface area contributed by atoms with E-state index in [4.69, 9.17) is 14.2 Å². The molecule has 0 spiro atoms. The monoisotopic (exact) mass is 751 g/mol. The topological polar surface area (TPSA) is 107 Å². The fourth-order valence-corrected chi connectivity index (χ4v) is 7.45. The molecule has 4 aromatic carbocycles. The van der Waals surface area contributed by atoms with Gasteiger partial charge in [0.2, 0.25) is 0 Å². The average Bonchev–Trinajstić information content (AvgIpc) is 3.24. The van der Waals surface area contributed by atoms with E-state index in [0.717, 1.165) is 83.4 Å². The van der Waals surface area contributed by atoms with Crippen LogP contribution in [0, 0.1) is 6.92 Å². The minimum absolute atomic E-state index is 0.0589. The minimum atomic E-state index is -0.401. The zero-order valence-corrected chi connectivity index (χ0v) is 32.1. The number of ether oxygens (including phenoxy) is 3. The van der Waals surface area contributed by atoms with Crippen molar-refractivity contribution in [3.63, 3.8) is 0 Å². The Labute approximate surface area is 329 Å². The lowest BCUT2D eigenvalue weighted by molar-refractivity contribution is 0.0518. The summed E-state index contributed by atoms with van der Waals surface area (Å²) in [5.41, 5.74) is 7.08. The fraction of sp³-hybridized carbons (Fsp3) is 0.319. The summed E-state index contributed by atoms with van der Waals surface area (Å²) >= 11 is 0. The molecule has 288 valence electrons. The van der Waals surface area contributed by atoms with Gasteiger partial charge in [-0.15, -0.1) is 0 Å². The number of hydrogen-bond acceptors (Lipinski definition) is 7. The molecule has 1 aliphatic carbocycles. The SMILES string of the molecule is CCOC(=O)c1ccc(C2CCC(NC(=O)c3ccc(-c4ccc(OCc5ccc(OC6CCN(C(=O)c7ccc(C)cc7)CC6)cc5)cc4)cc3)CC2)cn1. The number of likely N-dealkylation sites (tertiary alicyclic amines) is 1. The first-order valence-corrected chi connectivity index (χ1v) is 19.7. The van der Waals surface area contributed by atoms with Crippen LogP contribution in [0.15, 0.2) is 115 Å². The Bertz CT molecular complexity index is 2070. The maximum atomic E-state index is 13.1. The molecule has 1 aromatic heterocycles. The summed E-state index contributed by atoms with van der Waals surface area (Å²) in [6, 6.07) is 35.3. The molecular weight excluding hydrogens is 703 g/mol. The molecule has 2 heterocycles.